The van der Waals surface area contributed by atoms with Crippen molar-refractivity contribution in [3.63, 3.8) is 0 Å². The van der Waals surface area contributed by atoms with Crippen LogP contribution in [0.5, 0.6) is 0 Å². The molecule has 1 atom stereocenters. The molecule has 4 nitrogen and oxygen atoms in total. The predicted molar refractivity (Wildman–Crippen MR) is 77.0 cm³/mol. The lowest BCUT2D eigenvalue weighted by Gasteiger charge is -2.41. The molecule has 1 aliphatic carbocycles. The highest BCUT2D eigenvalue weighted by molar-refractivity contribution is 5.09. The van der Waals surface area contributed by atoms with Gasteiger partial charge in [-0.3, -0.25) is 4.68 Å². The molecule has 4 heteroatoms. The molecule has 0 amide bonds. The standard InChI is InChI=1S/C15H27N3O/c1-3-18-12-13(11-17-18)10-14(16)15(19-4-2)8-6-5-7-9-15/h11-12,14H,3-10,16H2,1-2H3. The number of hydrogen-bond donors (Lipinski definition) is 1. The van der Waals surface area contributed by atoms with E-state index < -0.39 is 0 Å². The van der Waals surface area contributed by atoms with Gasteiger partial charge in [-0.05, 0) is 38.7 Å². The molecule has 1 heterocycles. The Bertz CT molecular complexity index is 377. The third-order valence-electron chi connectivity index (χ3n) is 4.27. The number of aryl methyl sites for hydroxylation is 1. The Morgan fingerprint density at radius 1 is 1.37 bits per heavy atom. The van der Waals surface area contributed by atoms with Crippen molar-refractivity contribution in [1.29, 1.82) is 0 Å². The van der Waals surface area contributed by atoms with Gasteiger partial charge in [-0.25, -0.2) is 0 Å². The molecule has 1 aromatic heterocycles. The van der Waals surface area contributed by atoms with Crippen molar-refractivity contribution < 1.29 is 4.74 Å². The van der Waals surface area contributed by atoms with Crippen LogP contribution in [-0.2, 0) is 17.7 Å². The first-order valence-electron chi connectivity index (χ1n) is 7.61. The molecule has 0 radical (unpaired) electrons. The number of ether oxygens (including phenoxy) is 1. The summed E-state index contributed by atoms with van der Waals surface area (Å²) in [6.07, 6.45) is 10.9. The lowest BCUT2D eigenvalue weighted by atomic mass is 9.77. The molecule has 1 fully saturated rings. The van der Waals surface area contributed by atoms with Gasteiger partial charge in [0.1, 0.15) is 0 Å². The maximum Gasteiger partial charge on any atom is 0.0835 e. The monoisotopic (exact) mass is 265 g/mol. The van der Waals surface area contributed by atoms with E-state index in [4.69, 9.17) is 10.5 Å². The second-order valence-electron chi connectivity index (χ2n) is 5.57. The predicted octanol–water partition coefficient (Wildman–Crippen LogP) is 2.51. The van der Waals surface area contributed by atoms with Gasteiger partial charge in [0.2, 0.25) is 0 Å². The number of nitrogens with zero attached hydrogens (tertiary/aromatic N) is 2. The van der Waals surface area contributed by atoms with Crippen LogP contribution in [0, 0.1) is 0 Å². The minimum absolute atomic E-state index is 0.0715. The third kappa shape index (κ3) is 3.37. The minimum Gasteiger partial charge on any atom is -0.374 e. The quantitative estimate of drug-likeness (QED) is 0.860. The fraction of sp³-hybridized carbons (Fsp3) is 0.800. The first-order chi connectivity index (χ1) is 9.20. The van der Waals surface area contributed by atoms with Gasteiger partial charge in [-0.15, -0.1) is 0 Å². The highest BCUT2D eigenvalue weighted by Gasteiger charge is 2.38. The van der Waals surface area contributed by atoms with Crippen LogP contribution in [0.3, 0.4) is 0 Å². The Morgan fingerprint density at radius 3 is 2.68 bits per heavy atom. The Labute approximate surface area is 116 Å². The topological polar surface area (TPSA) is 53.1 Å². The van der Waals surface area contributed by atoms with Gasteiger partial charge in [0.05, 0.1) is 11.8 Å². The van der Waals surface area contributed by atoms with Crippen molar-refractivity contribution in [3.8, 4) is 0 Å². The zero-order valence-corrected chi connectivity index (χ0v) is 12.3. The summed E-state index contributed by atoms with van der Waals surface area (Å²) in [5, 5.41) is 4.32. The van der Waals surface area contributed by atoms with Gasteiger partial charge in [-0.1, -0.05) is 19.3 Å². The first-order valence-corrected chi connectivity index (χ1v) is 7.61. The van der Waals surface area contributed by atoms with E-state index in [0.717, 1.165) is 32.4 Å². The fourth-order valence-electron chi connectivity index (χ4n) is 3.18. The zero-order chi connectivity index (χ0) is 13.7. The van der Waals surface area contributed by atoms with Crippen LogP contribution in [0.2, 0.25) is 0 Å². The van der Waals surface area contributed by atoms with Gasteiger partial charge in [0, 0.05) is 25.4 Å². The average Bonchev–Trinajstić information content (AvgIpc) is 2.88. The molecule has 1 saturated carbocycles. The van der Waals surface area contributed by atoms with Crippen molar-refractivity contribution in [2.24, 2.45) is 5.73 Å². The summed E-state index contributed by atoms with van der Waals surface area (Å²) in [6, 6.07) is 0.0715. The number of nitrogens with two attached hydrogens (primary N) is 1. The summed E-state index contributed by atoms with van der Waals surface area (Å²) in [6.45, 7) is 5.82. The molecule has 0 aliphatic heterocycles. The van der Waals surface area contributed by atoms with E-state index in [-0.39, 0.29) is 11.6 Å². The maximum absolute atomic E-state index is 6.49. The van der Waals surface area contributed by atoms with Gasteiger partial charge < -0.3 is 10.5 Å². The summed E-state index contributed by atoms with van der Waals surface area (Å²) in [5.74, 6) is 0. The molecule has 0 aromatic carbocycles. The molecule has 1 unspecified atom stereocenters. The molecule has 2 rings (SSSR count). The lowest BCUT2D eigenvalue weighted by molar-refractivity contribution is -0.0817. The van der Waals surface area contributed by atoms with Gasteiger partial charge in [-0.2, -0.15) is 5.10 Å². The van der Waals surface area contributed by atoms with Crippen molar-refractivity contribution >= 4 is 0 Å². The van der Waals surface area contributed by atoms with Crippen LogP contribution < -0.4 is 5.73 Å². The molecule has 108 valence electrons. The highest BCUT2D eigenvalue weighted by atomic mass is 16.5. The van der Waals surface area contributed by atoms with E-state index >= 15 is 0 Å². The van der Waals surface area contributed by atoms with Crippen molar-refractivity contribution in [2.45, 2.75) is 70.6 Å². The Kier molecular flexibility index (Phi) is 4.99. The SMILES string of the molecule is CCOC1(C(N)Cc2cnn(CC)c2)CCCCC1. The summed E-state index contributed by atoms with van der Waals surface area (Å²) < 4.78 is 8.04. The van der Waals surface area contributed by atoms with Crippen LogP contribution in [0.1, 0.15) is 51.5 Å². The molecule has 1 aliphatic rings. The van der Waals surface area contributed by atoms with Crippen molar-refractivity contribution in [1.82, 2.24) is 9.78 Å². The normalized spacial score (nSPS) is 20.4. The van der Waals surface area contributed by atoms with E-state index in [1.807, 2.05) is 10.9 Å². The second kappa shape index (κ2) is 6.53. The van der Waals surface area contributed by atoms with E-state index in [1.54, 1.807) is 0 Å². The molecule has 2 N–H and O–H groups in total. The third-order valence-corrected chi connectivity index (χ3v) is 4.27. The minimum atomic E-state index is -0.110. The van der Waals surface area contributed by atoms with E-state index in [1.165, 1.54) is 24.8 Å². The van der Waals surface area contributed by atoms with Gasteiger partial charge in [0.25, 0.3) is 0 Å². The van der Waals surface area contributed by atoms with Gasteiger partial charge >= 0.3 is 0 Å². The summed E-state index contributed by atoms with van der Waals surface area (Å²) in [4.78, 5) is 0. The fourth-order valence-corrected chi connectivity index (χ4v) is 3.18. The highest BCUT2D eigenvalue weighted by Crippen LogP contribution is 2.34. The molecular weight excluding hydrogens is 238 g/mol. The summed E-state index contributed by atoms with van der Waals surface area (Å²) in [7, 11) is 0. The largest absolute Gasteiger partial charge is 0.374 e. The Hall–Kier alpha value is -0.870. The van der Waals surface area contributed by atoms with Crippen LogP contribution in [0.25, 0.3) is 0 Å². The molecule has 0 spiro atoms. The van der Waals surface area contributed by atoms with Crippen LogP contribution in [0.4, 0.5) is 0 Å². The molecule has 0 saturated heterocycles. The Balaban J connectivity index is 2.04. The van der Waals surface area contributed by atoms with Crippen LogP contribution in [0.15, 0.2) is 12.4 Å². The number of aromatic nitrogens is 2. The van der Waals surface area contributed by atoms with Crippen molar-refractivity contribution in [2.75, 3.05) is 6.61 Å². The first kappa shape index (κ1) is 14.5. The van der Waals surface area contributed by atoms with Crippen LogP contribution in [-0.4, -0.2) is 28.0 Å². The average molecular weight is 265 g/mol. The molecule has 19 heavy (non-hydrogen) atoms. The van der Waals surface area contributed by atoms with E-state index in [9.17, 15) is 0 Å². The van der Waals surface area contributed by atoms with E-state index in [2.05, 4.69) is 25.1 Å². The van der Waals surface area contributed by atoms with Crippen molar-refractivity contribution in [3.05, 3.63) is 18.0 Å². The zero-order valence-electron chi connectivity index (χ0n) is 12.3. The lowest BCUT2D eigenvalue weighted by Crippen LogP contribution is -2.52. The van der Waals surface area contributed by atoms with E-state index in [0.29, 0.717) is 0 Å². The summed E-state index contributed by atoms with van der Waals surface area (Å²) in [5.41, 5.74) is 7.60. The summed E-state index contributed by atoms with van der Waals surface area (Å²) >= 11 is 0. The molecule has 0 bridgehead atoms. The smallest absolute Gasteiger partial charge is 0.0835 e. The number of rotatable bonds is 6. The Morgan fingerprint density at radius 2 is 2.11 bits per heavy atom. The van der Waals surface area contributed by atoms with Crippen LogP contribution >= 0.6 is 0 Å². The maximum atomic E-state index is 6.49. The van der Waals surface area contributed by atoms with Gasteiger partial charge in [0.15, 0.2) is 0 Å². The number of hydrogen-bond acceptors (Lipinski definition) is 3. The molecule has 1 aromatic rings. The molecular formula is C15H27N3O. The second-order valence-corrected chi connectivity index (χ2v) is 5.57.